The first kappa shape index (κ1) is 28.2. The lowest BCUT2D eigenvalue weighted by atomic mass is 10.1. The highest BCUT2D eigenvalue weighted by Crippen LogP contribution is 2.33. The van der Waals surface area contributed by atoms with Gasteiger partial charge in [-0.05, 0) is 48.4 Å². The van der Waals surface area contributed by atoms with Gasteiger partial charge in [-0.15, -0.1) is 0 Å². The van der Waals surface area contributed by atoms with Gasteiger partial charge in [-0.2, -0.15) is 0 Å². The third-order valence-electron chi connectivity index (χ3n) is 6.84. The largest absolute Gasteiger partial charge is 0.495 e. The minimum absolute atomic E-state index is 0.241. The van der Waals surface area contributed by atoms with Crippen molar-refractivity contribution < 1.29 is 9.53 Å². The van der Waals surface area contributed by atoms with E-state index in [9.17, 15) is 9.59 Å². The van der Waals surface area contributed by atoms with Crippen molar-refractivity contribution >= 4 is 45.8 Å². The molecule has 2 amide bonds. The molecule has 208 valence electrons. The second kappa shape index (κ2) is 12.5. The highest BCUT2D eigenvalue weighted by molar-refractivity contribution is 6.43. The zero-order valence-corrected chi connectivity index (χ0v) is 24.1. The Morgan fingerprint density at radius 2 is 1.66 bits per heavy atom. The number of fused-ring (bicyclic) bond motifs is 1. The van der Waals surface area contributed by atoms with E-state index in [0.717, 1.165) is 5.56 Å². The number of para-hydroxylation sites is 3. The quantitative estimate of drug-likeness (QED) is 0.200. The second-order valence-corrected chi connectivity index (χ2v) is 10.2. The number of ether oxygens (including phenoxy) is 1. The van der Waals surface area contributed by atoms with Crippen LogP contribution in [0.3, 0.4) is 0 Å². The highest BCUT2D eigenvalue weighted by atomic mass is 35.5. The lowest BCUT2D eigenvalue weighted by Gasteiger charge is -2.33. The van der Waals surface area contributed by atoms with E-state index in [1.165, 1.54) is 0 Å². The second-order valence-electron chi connectivity index (χ2n) is 9.37. The first-order valence-electron chi connectivity index (χ1n) is 13.1. The number of amides is 2. The van der Waals surface area contributed by atoms with E-state index in [1.807, 2.05) is 55.5 Å². The van der Waals surface area contributed by atoms with Crippen LogP contribution < -0.4 is 15.6 Å². The predicted molar refractivity (Wildman–Crippen MR) is 164 cm³/mol. The van der Waals surface area contributed by atoms with Crippen molar-refractivity contribution in [3.05, 3.63) is 129 Å². The molecule has 1 aromatic heterocycles. The smallest absolute Gasteiger partial charge is 0.322 e. The Bertz CT molecular complexity index is 1760. The summed E-state index contributed by atoms with van der Waals surface area (Å²) in [6.45, 7) is 2.20. The van der Waals surface area contributed by atoms with E-state index in [0.29, 0.717) is 45.3 Å². The number of nitrogens with zero attached hydrogens (tertiary/aromatic N) is 3. The van der Waals surface area contributed by atoms with Gasteiger partial charge in [0.25, 0.3) is 5.56 Å². The van der Waals surface area contributed by atoms with Crippen molar-refractivity contribution in [3.8, 4) is 11.4 Å². The van der Waals surface area contributed by atoms with Gasteiger partial charge in [0.2, 0.25) is 0 Å². The van der Waals surface area contributed by atoms with Crippen LogP contribution >= 0.6 is 23.2 Å². The van der Waals surface area contributed by atoms with Gasteiger partial charge in [0.15, 0.2) is 0 Å². The molecule has 0 fully saturated rings. The Balaban J connectivity index is 1.71. The third kappa shape index (κ3) is 5.78. The predicted octanol–water partition coefficient (Wildman–Crippen LogP) is 7.89. The molecule has 0 aliphatic heterocycles. The molecular weight excluding hydrogens is 559 g/mol. The molecule has 4 aromatic carbocycles. The number of carbonyl (C=O) groups is 1. The standard InChI is InChI=1S/C32H28Cl2N4O3/c1-3-26(37(20-21-12-5-4-6-13-21)32(40)36-25-17-11-15-23(33)29(25)34)30-35-24-16-8-7-14-22(24)31(39)38(30)27-18-9-10-19-28(27)41-2/h4-19,26H,3,20H2,1-2H3,(H,36,40). The molecule has 1 unspecified atom stereocenters. The Morgan fingerprint density at radius 3 is 2.41 bits per heavy atom. The number of hydrogen-bond acceptors (Lipinski definition) is 4. The molecular formula is C32H28Cl2N4O3. The summed E-state index contributed by atoms with van der Waals surface area (Å²) in [7, 11) is 1.55. The fraction of sp³-hybridized carbons (Fsp3) is 0.156. The first-order chi connectivity index (χ1) is 19.9. The number of rotatable bonds is 8. The Hall–Kier alpha value is -4.33. The van der Waals surface area contributed by atoms with Gasteiger partial charge in [0.1, 0.15) is 11.6 Å². The van der Waals surface area contributed by atoms with Gasteiger partial charge in [0.05, 0.1) is 45.5 Å². The topological polar surface area (TPSA) is 76.5 Å². The first-order valence-corrected chi connectivity index (χ1v) is 13.9. The van der Waals surface area contributed by atoms with Gasteiger partial charge in [-0.1, -0.05) is 90.8 Å². The number of hydrogen-bond donors (Lipinski definition) is 1. The normalized spacial score (nSPS) is 11.7. The number of anilines is 1. The van der Waals surface area contributed by atoms with Crippen LogP contribution in [0.1, 0.15) is 30.8 Å². The monoisotopic (exact) mass is 586 g/mol. The molecule has 0 spiro atoms. The summed E-state index contributed by atoms with van der Waals surface area (Å²) >= 11 is 12.6. The van der Waals surface area contributed by atoms with E-state index in [2.05, 4.69) is 5.32 Å². The minimum atomic E-state index is -0.615. The lowest BCUT2D eigenvalue weighted by Crippen LogP contribution is -2.40. The van der Waals surface area contributed by atoms with Gasteiger partial charge >= 0.3 is 6.03 Å². The molecule has 9 heteroatoms. The third-order valence-corrected chi connectivity index (χ3v) is 7.66. The number of methoxy groups -OCH3 is 1. The molecule has 7 nitrogen and oxygen atoms in total. The number of nitrogens with one attached hydrogen (secondary N) is 1. The summed E-state index contributed by atoms with van der Waals surface area (Å²) in [4.78, 5) is 34.8. The van der Waals surface area contributed by atoms with Crippen LogP contribution in [0.2, 0.25) is 10.0 Å². The summed E-state index contributed by atoms with van der Waals surface area (Å²) < 4.78 is 7.18. The van der Waals surface area contributed by atoms with E-state index in [1.54, 1.807) is 65.1 Å². The maximum absolute atomic E-state index is 14.1. The zero-order valence-electron chi connectivity index (χ0n) is 22.6. The van der Waals surface area contributed by atoms with E-state index < -0.39 is 12.1 Å². The minimum Gasteiger partial charge on any atom is -0.495 e. The fourth-order valence-electron chi connectivity index (χ4n) is 4.85. The maximum atomic E-state index is 14.1. The van der Waals surface area contributed by atoms with Crippen molar-refractivity contribution in [1.29, 1.82) is 0 Å². The van der Waals surface area contributed by atoms with Gasteiger partial charge < -0.3 is 15.0 Å². The SMILES string of the molecule is CCC(c1nc2ccccc2c(=O)n1-c1ccccc1OC)N(Cc1ccccc1)C(=O)Nc1cccc(Cl)c1Cl. The average molecular weight is 588 g/mol. The van der Waals surface area contributed by atoms with Crippen molar-refractivity contribution in [2.75, 3.05) is 12.4 Å². The van der Waals surface area contributed by atoms with Crippen molar-refractivity contribution in [3.63, 3.8) is 0 Å². The Kier molecular flexibility index (Phi) is 8.57. The summed E-state index contributed by atoms with van der Waals surface area (Å²) in [6, 6.07) is 28.1. The number of benzene rings is 4. The van der Waals surface area contributed by atoms with Gasteiger partial charge in [-0.3, -0.25) is 9.36 Å². The van der Waals surface area contributed by atoms with E-state index in [4.69, 9.17) is 32.9 Å². The molecule has 0 aliphatic rings. The average Bonchev–Trinajstić information content (AvgIpc) is 3.00. The van der Waals surface area contributed by atoms with Crippen LogP contribution in [0.4, 0.5) is 10.5 Å². The van der Waals surface area contributed by atoms with Crippen LogP contribution in [-0.2, 0) is 6.54 Å². The summed E-state index contributed by atoms with van der Waals surface area (Å²) in [5, 5.41) is 3.95. The van der Waals surface area contributed by atoms with E-state index >= 15 is 0 Å². The molecule has 1 N–H and O–H groups in total. The number of halogens is 2. The zero-order chi connectivity index (χ0) is 28.9. The Morgan fingerprint density at radius 1 is 0.951 bits per heavy atom. The maximum Gasteiger partial charge on any atom is 0.322 e. The summed E-state index contributed by atoms with van der Waals surface area (Å²) in [5.41, 5.74) is 2.10. The molecule has 0 aliphatic carbocycles. The molecule has 5 aromatic rings. The van der Waals surface area contributed by atoms with Crippen LogP contribution in [0.15, 0.2) is 102 Å². The molecule has 1 heterocycles. The molecule has 5 rings (SSSR count). The molecule has 0 bridgehead atoms. The van der Waals surface area contributed by atoms with Crippen LogP contribution in [0.25, 0.3) is 16.6 Å². The molecule has 41 heavy (non-hydrogen) atoms. The molecule has 0 saturated heterocycles. The van der Waals surface area contributed by atoms with Crippen molar-refractivity contribution in [2.24, 2.45) is 0 Å². The molecule has 1 atom stereocenters. The summed E-state index contributed by atoms with van der Waals surface area (Å²) in [5.74, 6) is 0.913. The van der Waals surface area contributed by atoms with Gasteiger partial charge in [-0.25, -0.2) is 9.78 Å². The fourth-order valence-corrected chi connectivity index (χ4v) is 5.20. The molecule has 0 saturated carbocycles. The van der Waals surface area contributed by atoms with Crippen molar-refractivity contribution in [1.82, 2.24) is 14.5 Å². The number of urea groups is 1. The Labute approximate surface area is 247 Å². The lowest BCUT2D eigenvalue weighted by molar-refractivity contribution is 0.177. The summed E-state index contributed by atoms with van der Waals surface area (Å²) in [6.07, 6.45) is 0.462. The van der Waals surface area contributed by atoms with Crippen LogP contribution in [0.5, 0.6) is 5.75 Å². The van der Waals surface area contributed by atoms with Crippen LogP contribution in [-0.4, -0.2) is 27.6 Å². The van der Waals surface area contributed by atoms with Crippen LogP contribution in [0, 0.1) is 0 Å². The number of carbonyl (C=O) groups excluding carboxylic acids is 1. The van der Waals surface area contributed by atoms with Crippen molar-refractivity contribution in [2.45, 2.75) is 25.9 Å². The number of aromatic nitrogens is 2. The van der Waals surface area contributed by atoms with Gasteiger partial charge in [0, 0.05) is 6.54 Å². The highest BCUT2D eigenvalue weighted by Gasteiger charge is 2.30. The van der Waals surface area contributed by atoms with E-state index in [-0.39, 0.29) is 17.1 Å². The molecule has 0 radical (unpaired) electrons.